The van der Waals surface area contributed by atoms with Crippen molar-refractivity contribution in [1.82, 2.24) is 10.6 Å². The number of carboxylic acids is 2. The maximum absolute atomic E-state index is 13.6. The quantitative estimate of drug-likeness (QED) is 0.0760. The van der Waals surface area contributed by atoms with E-state index in [4.69, 9.17) is 14.2 Å². The fourth-order valence-corrected chi connectivity index (χ4v) is 6.75. The second kappa shape index (κ2) is 19.3. The maximum Gasteiger partial charge on any atom is 0.412 e. The number of hydrogen-bond donors (Lipinski definition) is 6. The number of aliphatic carboxylic acids is 2. The van der Waals surface area contributed by atoms with Gasteiger partial charge >= 0.3 is 24.1 Å². The Kier molecular flexibility index (Phi) is 14.8. The van der Waals surface area contributed by atoms with Crippen LogP contribution in [0.1, 0.15) is 92.1 Å². The van der Waals surface area contributed by atoms with Crippen molar-refractivity contribution in [1.29, 1.82) is 0 Å². The molecule has 3 atom stereocenters. The monoisotopic (exact) mass is 824 g/mol. The molecule has 3 amide bonds. The summed E-state index contributed by atoms with van der Waals surface area (Å²) in [6, 6.07) is 28.7. The first kappa shape index (κ1) is 46.0. The Bertz CT molecular complexity index is 2130. The smallest absolute Gasteiger partial charge is 0.412 e. The highest BCUT2D eigenvalue weighted by atomic mass is 16.6. The molecule has 4 aromatic rings. The molecule has 1 aliphatic rings. The summed E-state index contributed by atoms with van der Waals surface area (Å²) in [5.41, 5.74) is -2.39. The summed E-state index contributed by atoms with van der Waals surface area (Å²) >= 11 is 0. The van der Waals surface area contributed by atoms with E-state index in [9.17, 15) is 39.0 Å². The average molecular weight is 825 g/mol. The zero-order chi connectivity index (χ0) is 44.3. The predicted molar refractivity (Wildman–Crippen MR) is 224 cm³/mol. The molecule has 15 nitrogen and oxygen atoms in total. The summed E-state index contributed by atoms with van der Waals surface area (Å²) in [5, 5.41) is 31.5. The van der Waals surface area contributed by atoms with E-state index in [1.165, 1.54) is 31.3 Å². The van der Waals surface area contributed by atoms with Crippen molar-refractivity contribution in [3.05, 3.63) is 125 Å². The van der Waals surface area contributed by atoms with Crippen molar-refractivity contribution in [3.8, 4) is 5.75 Å². The fraction of sp³-hybridized carbons (Fsp3) is 0.333. The molecule has 1 saturated carbocycles. The van der Waals surface area contributed by atoms with Crippen LogP contribution >= 0.6 is 0 Å². The first-order valence-electron chi connectivity index (χ1n) is 19.1. The minimum Gasteiger partial charge on any atom is -0.489 e. The normalized spacial score (nSPS) is 18.4. The van der Waals surface area contributed by atoms with Crippen molar-refractivity contribution in [2.24, 2.45) is 0 Å². The highest BCUT2D eigenvalue weighted by Gasteiger charge is 2.70. The number of carboxylic acid groups (broad SMARTS) is 2. The predicted octanol–water partition coefficient (Wildman–Crippen LogP) is 7.63. The Hall–Kier alpha value is -6.74. The molecule has 4 aromatic carbocycles. The van der Waals surface area contributed by atoms with Gasteiger partial charge in [0.25, 0.3) is 5.91 Å². The third-order valence-electron chi connectivity index (χ3n) is 9.46. The molecule has 60 heavy (non-hydrogen) atoms. The highest BCUT2D eigenvalue weighted by molar-refractivity contribution is 6.03. The van der Waals surface area contributed by atoms with Gasteiger partial charge in [0, 0.05) is 28.4 Å². The Labute approximate surface area is 348 Å². The molecule has 1 fully saturated rings. The van der Waals surface area contributed by atoms with Gasteiger partial charge in [-0.2, -0.15) is 0 Å². The zero-order valence-electron chi connectivity index (χ0n) is 34.7. The summed E-state index contributed by atoms with van der Waals surface area (Å²) in [7, 11) is 1.37. The number of aldehydes is 1. The van der Waals surface area contributed by atoms with Gasteiger partial charge in [0.05, 0.1) is 0 Å². The van der Waals surface area contributed by atoms with Gasteiger partial charge in [0.15, 0.2) is 11.1 Å². The van der Waals surface area contributed by atoms with Crippen LogP contribution in [-0.2, 0) is 25.7 Å². The Morgan fingerprint density at radius 2 is 1.23 bits per heavy atom. The lowest BCUT2D eigenvalue weighted by Crippen LogP contribution is -2.75. The molecule has 0 radical (unpaired) electrons. The minimum absolute atomic E-state index is 0.0545. The number of amides is 3. The molecule has 0 aliphatic heterocycles. The highest BCUT2D eigenvalue weighted by Crippen LogP contribution is 2.50. The number of nitrogens with one attached hydrogen (secondary N) is 4. The van der Waals surface area contributed by atoms with Crippen molar-refractivity contribution >= 4 is 47.7 Å². The van der Waals surface area contributed by atoms with E-state index in [0.29, 0.717) is 34.9 Å². The molecular formula is C45H52N4O11. The standard InChI is InChI=1S/C33H37N3O8.C12H15NO3/c1-31(2,3)44-30(42)35-24-14-10-23(11-15-24)27(37)36-33(29(40)41)26(18-19-32(33,34-4)28(38)39)22-12-16-25(17-13-22)43-20-21-8-6-5-7-9-21;1-12(2,3)16-11(15)13-10-6-4-9(8-14)5-7-10/h5-17,26,34H,18-20H2,1-4H3,(H,35,42)(H,36,37)(H,38,39)(H,40,41);4-8H,1-3H3,(H,13,15). The average Bonchev–Trinajstić information content (AvgIpc) is 3.53. The van der Waals surface area contributed by atoms with E-state index >= 15 is 0 Å². The van der Waals surface area contributed by atoms with Crippen LogP contribution in [0.4, 0.5) is 21.0 Å². The van der Waals surface area contributed by atoms with Gasteiger partial charge in [-0.25, -0.2) is 14.4 Å². The first-order chi connectivity index (χ1) is 28.2. The summed E-state index contributed by atoms with van der Waals surface area (Å²) < 4.78 is 16.2. The van der Waals surface area contributed by atoms with Gasteiger partial charge in [-0.1, -0.05) is 42.5 Å². The van der Waals surface area contributed by atoms with Crippen LogP contribution in [0.3, 0.4) is 0 Å². The minimum atomic E-state index is -2.26. The lowest BCUT2D eigenvalue weighted by molar-refractivity contribution is -0.159. The third kappa shape index (κ3) is 11.7. The zero-order valence-corrected chi connectivity index (χ0v) is 34.7. The van der Waals surface area contributed by atoms with E-state index in [0.717, 1.165) is 11.8 Å². The van der Waals surface area contributed by atoms with E-state index in [1.807, 2.05) is 30.3 Å². The summed E-state index contributed by atoms with van der Waals surface area (Å²) in [6.45, 7) is 10.9. The van der Waals surface area contributed by atoms with Crippen LogP contribution in [-0.4, -0.2) is 75.9 Å². The van der Waals surface area contributed by atoms with Gasteiger partial charge < -0.3 is 35.1 Å². The lowest BCUT2D eigenvalue weighted by atomic mass is 9.72. The number of hydrogen-bond acceptors (Lipinski definition) is 10. The molecule has 0 aromatic heterocycles. The summed E-state index contributed by atoms with van der Waals surface area (Å²) in [4.78, 5) is 73.4. The molecule has 0 spiro atoms. The molecule has 3 unspecified atom stereocenters. The number of likely N-dealkylation sites (N-methyl/N-ethyl adjacent to an activating group) is 1. The van der Waals surface area contributed by atoms with Gasteiger partial charge in [-0.3, -0.25) is 25.0 Å². The van der Waals surface area contributed by atoms with Crippen molar-refractivity contribution in [3.63, 3.8) is 0 Å². The topological polar surface area (TPSA) is 219 Å². The van der Waals surface area contributed by atoms with E-state index in [-0.39, 0.29) is 18.4 Å². The van der Waals surface area contributed by atoms with Gasteiger partial charge in [0.2, 0.25) is 0 Å². The third-order valence-corrected chi connectivity index (χ3v) is 9.46. The van der Waals surface area contributed by atoms with Crippen LogP contribution in [0, 0.1) is 0 Å². The number of rotatable bonds is 12. The molecule has 5 rings (SSSR count). The number of benzene rings is 4. The summed E-state index contributed by atoms with van der Waals surface area (Å²) in [5.74, 6) is -4.02. The SMILES string of the molecule is CC(C)(C)OC(=O)Nc1ccc(C=O)cc1.CNC1(C(=O)O)CCC(c2ccc(OCc3ccccc3)cc2)C1(NC(=O)c1ccc(NC(=O)OC(C)(C)C)cc1)C(=O)O. The Morgan fingerprint density at radius 1 is 0.717 bits per heavy atom. The lowest BCUT2D eigenvalue weighted by Gasteiger charge is -2.43. The van der Waals surface area contributed by atoms with Crippen LogP contribution in [0.25, 0.3) is 0 Å². The van der Waals surface area contributed by atoms with E-state index < -0.39 is 58.2 Å². The van der Waals surface area contributed by atoms with Gasteiger partial charge in [0.1, 0.15) is 29.8 Å². The van der Waals surface area contributed by atoms with Crippen LogP contribution < -0.4 is 26.0 Å². The Morgan fingerprint density at radius 3 is 1.68 bits per heavy atom. The molecule has 15 heteroatoms. The van der Waals surface area contributed by atoms with Crippen molar-refractivity contribution in [2.45, 2.75) is 89.2 Å². The molecule has 0 heterocycles. The number of carbonyl (C=O) groups is 6. The number of carbonyl (C=O) groups excluding carboxylic acids is 4. The number of anilines is 2. The van der Waals surface area contributed by atoms with Crippen molar-refractivity contribution < 1.29 is 53.2 Å². The van der Waals surface area contributed by atoms with Crippen LogP contribution in [0.15, 0.2) is 103 Å². The fourth-order valence-electron chi connectivity index (χ4n) is 6.75. The molecule has 1 aliphatic carbocycles. The molecule has 0 saturated heterocycles. The second-order valence-corrected chi connectivity index (χ2v) is 16.0. The van der Waals surface area contributed by atoms with E-state index in [1.54, 1.807) is 90.1 Å². The van der Waals surface area contributed by atoms with Crippen LogP contribution in [0.5, 0.6) is 5.75 Å². The summed E-state index contributed by atoms with van der Waals surface area (Å²) in [6.07, 6.45) is -0.322. The molecule has 318 valence electrons. The van der Waals surface area contributed by atoms with E-state index in [2.05, 4.69) is 21.3 Å². The number of ether oxygens (including phenoxy) is 3. The molecule has 0 bridgehead atoms. The second-order valence-electron chi connectivity index (χ2n) is 16.0. The van der Waals surface area contributed by atoms with Crippen LogP contribution in [0.2, 0.25) is 0 Å². The molecular weight excluding hydrogens is 773 g/mol. The maximum atomic E-state index is 13.6. The molecule has 6 N–H and O–H groups in total. The van der Waals surface area contributed by atoms with Crippen molar-refractivity contribution in [2.75, 3.05) is 17.7 Å². The Balaban J connectivity index is 0.000000416. The first-order valence-corrected chi connectivity index (χ1v) is 19.1. The largest absolute Gasteiger partial charge is 0.489 e. The van der Waals surface area contributed by atoms with Gasteiger partial charge in [-0.15, -0.1) is 0 Å². The van der Waals surface area contributed by atoms with Gasteiger partial charge in [-0.05, 0) is 133 Å².